The standard InChI is InChI=1S/C28H41N5O2/c1-5-27(34)33-17-16-24-11-9-12-25(32(24)6-2)20-31(19-23-10-7-8-13-26(23)33)28(35)15-14-22-18-30(4)29-21(22)3/h7-8,10,13,18,24-25H,5-6,9,11-12,14-17,19-20H2,1-4H3. The molecule has 0 spiro atoms. The van der Waals surface area contributed by atoms with E-state index < -0.39 is 0 Å². The normalized spacial score (nSPS) is 21.4. The summed E-state index contributed by atoms with van der Waals surface area (Å²) in [6.45, 7) is 9.14. The number of amides is 2. The molecule has 2 amide bonds. The molecule has 0 N–H and O–H groups in total. The van der Waals surface area contributed by atoms with Crippen LogP contribution in [-0.2, 0) is 29.6 Å². The predicted molar refractivity (Wildman–Crippen MR) is 139 cm³/mol. The fourth-order valence-electron chi connectivity index (χ4n) is 6.01. The first-order chi connectivity index (χ1) is 16.9. The van der Waals surface area contributed by atoms with E-state index in [1.807, 2.05) is 54.9 Å². The Morgan fingerprint density at radius 3 is 2.54 bits per heavy atom. The fraction of sp³-hybridized carbons (Fsp3) is 0.607. The van der Waals surface area contributed by atoms with E-state index in [9.17, 15) is 9.59 Å². The summed E-state index contributed by atoms with van der Waals surface area (Å²) in [6, 6.07) is 8.97. The average Bonchev–Trinajstić information content (AvgIpc) is 3.18. The minimum Gasteiger partial charge on any atom is -0.337 e. The number of rotatable bonds is 5. The van der Waals surface area contributed by atoms with Crippen LogP contribution in [0.3, 0.4) is 0 Å². The van der Waals surface area contributed by atoms with E-state index in [2.05, 4.69) is 27.9 Å². The molecule has 7 nitrogen and oxygen atoms in total. The Labute approximate surface area is 210 Å². The van der Waals surface area contributed by atoms with Gasteiger partial charge in [-0.15, -0.1) is 0 Å². The number of hydrogen-bond donors (Lipinski definition) is 0. The van der Waals surface area contributed by atoms with E-state index in [-0.39, 0.29) is 11.8 Å². The van der Waals surface area contributed by atoms with E-state index in [4.69, 9.17) is 0 Å². The van der Waals surface area contributed by atoms with Crippen molar-refractivity contribution in [2.24, 2.45) is 7.05 Å². The molecular weight excluding hydrogens is 438 g/mol. The Morgan fingerprint density at radius 1 is 1.06 bits per heavy atom. The van der Waals surface area contributed by atoms with Crippen molar-refractivity contribution in [1.29, 1.82) is 0 Å². The zero-order chi connectivity index (χ0) is 24.9. The lowest BCUT2D eigenvalue weighted by Crippen LogP contribution is -2.52. The van der Waals surface area contributed by atoms with Gasteiger partial charge in [-0.3, -0.25) is 19.2 Å². The van der Waals surface area contributed by atoms with Crippen molar-refractivity contribution in [3.63, 3.8) is 0 Å². The van der Waals surface area contributed by atoms with Gasteiger partial charge in [0, 0.05) is 63.5 Å². The van der Waals surface area contributed by atoms with Crippen LogP contribution in [0.15, 0.2) is 30.5 Å². The number of benzene rings is 1. The quantitative estimate of drug-likeness (QED) is 0.648. The molecule has 2 aromatic rings. The van der Waals surface area contributed by atoms with Crippen molar-refractivity contribution in [2.75, 3.05) is 24.5 Å². The maximum Gasteiger partial charge on any atom is 0.226 e. The molecule has 7 heteroatoms. The highest BCUT2D eigenvalue weighted by Gasteiger charge is 2.33. The van der Waals surface area contributed by atoms with Gasteiger partial charge in [0.1, 0.15) is 0 Å². The number of hydrogen-bond acceptors (Lipinski definition) is 4. The molecule has 2 aliphatic rings. The maximum absolute atomic E-state index is 13.7. The molecule has 3 heterocycles. The van der Waals surface area contributed by atoms with Gasteiger partial charge in [0.2, 0.25) is 11.8 Å². The molecule has 1 aromatic carbocycles. The number of nitrogens with zero attached hydrogens (tertiary/aromatic N) is 5. The number of carbonyl (C=O) groups is 2. The topological polar surface area (TPSA) is 61.7 Å². The second-order valence-corrected chi connectivity index (χ2v) is 10.1. The van der Waals surface area contributed by atoms with Crippen LogP contribution in [0.1, 0.15) is 69.2 Å². The van der Waals surface area contributed by atoms with Gasteiger partial charge in [0.25, 0.3) is 0 Å². The molecule has 190 valence electrons. The van der Waals surface area contributed by atoms with Crippen molar-refractivity contribution in [2.45, 2.75) is 84.3 Å². The van der Waals surface area contributed by atoms with Crippen molar-refractivity contribution < 1.29 is 9.59 Å². The number of likely N-dealkylation sites (N-methyl/N-ethyl adjacent to an activating group) is 1. The predicted octanol–water partition coefficient (Wildman–Crippen LogP) is 4.08. The number of fused-ring (bicyclic) bond motifs is 3. The lowest BCUT2D eigenvalue weighted by molar-refractivity contribution is -0.133. The average molecular weight is 480 g/mol. The molecule has 35 heavy (non-hydrogen) atoms. The molecule has 1 fully saturated rings. The molecule has 2 atom stereocenters. The fourth-order valence-corrected chi connectivity index (χ4v) is 6.01. The summed E-state index contributed by atoms with van der Waals surface area (Å²) in [6.07, 6.45) is 8.09. The minimum absolute atomic E-state index is 0.150. The molecule has 0 saturated carbocycles. The van der Waals surface area contributed by atoms with Crippen LogP contribution in [0.2, 0.25) is 0 Å². The number of anilines is 1. The van der Waals surface area contributed by atoms with E-state index in [1.165, 1.54) is 6.42 Å². The number of aromatic nitrogens is 2. The van der Waals surface area contributed by atoms with Crippen LogP contribution < -0.4 is 4.90 Å². The third-order valence-electron chi connectivity index (χ3n) is 7.82. The minimum atomic E-state index is 0.150. The Morgan fingerprint density at radius 2 is 1.83 bits per heavy atom. The molecular formula is C28H41N5O2. The zero-order valence-electron chi connectivity index (χ0n) is 21.9. The van der Waals surface area contributed by atoms with Crippen molar-refractivity contribution >= 4 is 17.5 Å². The van der Waals surface area contributed by atoms with Crippen LogP contribution in [0.4, 0.5) is 5.69 Å². The van der Waals surface area contributed by atoms with Gasteiger partial charge in [-0.25, -0.2) is 0 Å². The largest absolute Gasteiger partial charge is 0.337 e. The first-order valence-corrected chi connectivity index (χ1v) is 13.3. The highest BCUT2D eigenvalue weighted by atomic mass is 16.2. The number of aryl methyl sites for hydroxylation is 3. The second kappa shape index (κ2) is 11.4. The van der Waals surface area contributed by atoms with Gasteiger partial charge in [-0.1, -0.05) is 38.5 Å². The summed E-state index contributed by atoms with van der Waals surface area (Å²) >= 11 is 0. The van der Waals surface area contributed by atoms with Crippen LogP contribution in [-0.4, -0.2) is 63.1 Å². The van der Waals surface area contributed by atoms with E-state index >= 15 is 0 Å². The Kier molecular flexibility index (Phi) is 8.26. The lowest BCUT2D eigenvalue weighted by Gasteiger charge is -2.43. The summed E-state index contributed by atoms with van der Waals surface area (Å²) in [7, 11) is 1.92. The highest BCUT2D eigenvalue weighted by molar-refractivity contribution is 5.94. The zero-order valence-corrected chi connectivity index (χ0v) is 21.9. The Hall–Kier alpha value is -2.67. The van der Waals surface area contributed by atoms with Crippen molar-refractivity contribution in [3.05, 3.63) is 47.3 Å². The first-order valence-electron chi connectivity index (χ1n) is 13.3. The highest BCUT2D eigenvalue weighted by Crippen LogP contribution is 2.30. The Balaban J connectivity index is 1.65. The summed E-state index contributed by atoms with van der Waals surface area (Å²) in [4.78, 5) is 33.3. The lowest BCUT2D eigenvalue weighted by atomic mass is 9.93. The third-order valence-corrected chi connectivity index (χ3v) is 7.82. The van der Waals surface area contributed by atoms with Crippen LogP contribution in [0.5, 0.6) is 0 Å². The van der Waals surface area contributed by atoms with Gasteiger partial charge in [0.15, 0.2) is 0 Å². The molecule has 0 radical (unpaired) electrons. The summed E-state index contributed by atoms with van der Waals surface area (Å²) < 4.78 is 1.82. The molecule has 1 saturated heterocycles. The van der Waals surface area contributed by atoms with Crippen LogP contribution in [0, 0.1) is 6.92 Å². The van der Waals surface area contributed by atoms with E-state index in [1.54, 1.807) is 0 Å². The van der Waals surface area contributed by atoms with E-state index in [0.29, 0.717) is 37.9 Å². The van der Waals surface area contributed by atoms with Crippen molar-refractivity contribution in [3.8, 4) is 0 Å². The summed E-state index contributed by atoms with van der Waals surface area (Å²) in [5.74, 6) is 0.325. The van der Waals surface area contributed by atoms with Gasteiger partial charge in [0.05, 0.1) is 5.69 Å². The third kappa shape index (κ3) is 5.77. The first kappa shape index (κ1) is 25.4. The maximum atomic E-state index is 13.7. The summed E-state index contributed by atoms with van der Waals surface area (Å²) in [5, 5.41) is 4.43. The molecule has 2 bridgehead atoms. The molecule has 4 rings (SSSR count). The van der Waals surface area contributed by atoms with Crippen LogP contribution in [0.25, 0.3) is 0 Å². The number of piperidine rings is 1. The van der Waals surface area contributed by atoms with Gasteiger partial charge >= 0.3 is 0 Å². The van der Waals surface area contributed by atoms with Crippen LogP contribution >= 0.6 is 0 Å². The SMILES string of the molecule is CCC(=O)N1CCC2CCCC(CN(C(=O)CCc3cn(C)nc3C)Cc3ccccc31)N2CC. The van der Waals surface area contributed by atoms with Gasteiger partial charge in [-0.05, 0) is 56.3 Å². The molecule has 2 aliphatic heterocycles. The summed E-state index contributed by atoms with van der Waals surface area (Å²) in [5.41, 5.74) is 4.13. The van der Waals surface area contributed by atoms with Gasteiger partial charge < -0.3 is 9.80 Å². The van der Waals surface area contributed by atoms with Crippen molar-refractivity contribution in [1.82, 2.24) is 19.6 Å². The smallest absolute Gasteiger partial charge is 0.226 e. The van der Waals surface area contributed by atoms with Gasteiger partial charge in [-0.2, -0.15) is 5.10 Å². The molecule has 2 unspecified atom stereocenters. The molecule has 0 aliphatic carbocycles. The van der Waals surface area contributed by atoms with E-state index in [0.717, 1.165) is 61.4 Å². The second-order valence-electron chi connectivity index (χ2n) is 10.1. The number of para-hydroxylation sites is 1. The monoisotopic (exact) mass is 479 g/mol. The number of carbonyl (C=O) groups excluding carboxylic acids is 2. The molecule has 1 aromatic heterocycles. The Bertz CT molecular complexity index is 1030.